The van der Waals surface area contributed by atoms with Crippen LogP contribution in [0.2, 0.25) is 0 Å². The van der Waals surface area contributed by atoms with Crippen LogP contribution < -0.4 is 0 Å². The van der Waals surface area contributed by atoms with Gasteiger partial charge in [0, 0.05) is 18.9 Å². The lowest BCUT2D eigenvalue weighted by Crippen LogP contribution is -2.40. The molecule has 0 aromatic heterocycles. The van der Waals surface area contributed by atoms with Gasteiger partial charge in [-0.25, -0.2) is 0 Å². The molecule has 0 heterocycles. The minimum absolute atomic E-state index is 0.465. The smallest absolute Gasteiger partial charge is 0.0702 e. The third-order valence-electron chi connectivity index (χ3n) is 6.43. The molecule has 0 unspecified atom stereocenters. The highest BCUT2D eigenvalue weighted by molar-refractivity contribution is 5.43. The summed E-state index contributed by atoms with van der Waals surface area (Å²) in [6.45, 7) is 0. The van der Waals surface area contributed by atoms with Crippen molar-refractivity contribution < 1.29 is 4.74 Å². The molecule has 2 saturated carbocycles. The van der Waals surface area contributed by atoms with Crippen molar-refractivity contribution in [2.45, 2.75) is 30.8 Å². The van der Waals surface area contributed by atoms with Gasteiger partial charge in [-0.05, 0) is 47.6 Å². The van der Waals surface area contributed by atoms with Crippen LogP contribution >= 0.6 is 0 Å². The van der Waals surface area contributed by atoms with E-state index in [0.29, 0.717) is 17.9 Å². The van der Waals surface area contributed by atoms with Crippen molar-refractivity contribution in [3.05, 3.63) is 47.5 Å². The lowest BCUT2D eigenvalue weighted by atomic mass is 9.54. The van der Waals surface area contributed by atoms with E-state index in [1.165, 1.54) is 12.8 Å². The maximum atomic E-state index is 5.85. The van der Waals surface area contributed by atoms with Crippen molar-refractivity contribution >= 4 is 0 Å². The molecule has 0 amide bonds. The summed E-state index contributed by atoms with van der Waals surface area (Å²) in [6, 6.07) is 9.23. The van der Waals surface area contributed by atoms with E-state index in [0.717, 1.165) is 23.7 Å². The third-order valence-corrected chi connectivity index (χ3v) is 6.43. The lowest BCUT2D eigenvalue weighted by Gasteiger charge is -2.50. The van der Waals surface area contributed by atoms with Crippen molar-refractivity contribution in [1.29, 1.82) is 0 Å². The zero-order valence-electron chi connectivity index (χ0n) is 11.3. The van der Waals surface area contributed by atoms with E-state index in [2.05, 4.69) is 36.4 Å². The number of fused-ring (bicyclic) bond motifs is 3. The second kappa shape index (κ2) is 3.52. The van der Waals surface area contributed by atoms with Crippen LogP contribution in [-0.2, 0) is 4.74 Å². The first kappa shape index (κ1) is 10.7. The number of benzene rings is 1. The zero-order chi connectivity index (χ0) is 12.6. The predicted molar refractivity (Wildman–Crippen MR) is 75.1 cm³/mol. The third kappa shape index (κ3) is 1.12. The molecule has 0 N–H and O–H groups in total. The fourth-order valence-electron chi connectivity index (χ4n) is 5.98. The van der Waals surface area contributed by atoms with Gasteiger partial charge < -0.3 is 4.74 Å². The van der Waals surface area contributed by atoms with E-state index in [1.54, 1.807) is 11.1 Å². The second-order valence-corrected chi connectivity index (χ2v) is 6.81. The van der Waals surface area contributed by atoms with Crippen molar-refractivity contribution in [2.75, 3.05) is 7.11 Å². The van der Waals surface area contributed by atoms with Crippen LogP contribution in [-0.4, -0.2) is 13.2 Å². The van der Waals surface area contributed by atoms with E-state index in [4.69, 9.17) is 4.74 Å². The number of methoxy groups -OCH3 is 1. The topological polar surface area (TPSA) is 9.23 Å². The number of hydrogen-bond donors (Lipinski definition) is 0. The summed E-state index contributed by atoms with van der Waals surface area (Å²) < 4.78 is 5.85. The van der Waals surface area contributed by atoms with Crippen LogP contribution in [0.25, 0.3) is 0 Å². The molecule has 6 atom stereocenters. The Balaban J connectivity index is 1.68. The normalized spacial score (nSPS) is 48.4. The first-order chi connectivity index (χ1) is 9.40. The summed E-state index contributed by atoms with van der Waals surface area (Å²) in [5.74, 6) is 4.66. The van der Waals surface area contributed by atoms with E-state index < -0.39 is 0 Å². The first-order valence-corrected chi connectivity index (χ1v) is 7.70. The molecule has 6 rings (SSSR count). The summed E-state index contributed by atoms with van der Waals surface area (Å²) in [4.78, 5) is 0. The number of ether oxygens (including phenoxy) is 1. The van der Waals surface area contributed by atoms with Crippen molar-refractivity contribution in [2.24, 2.45) is 23.7 Å². The fraction of sp³-hybridized carbons (Fsp3) is 0.556. The molecule has 5 aliphatic carbocycles. The van der Waals surface area contributed by atoms with Gasteiger partial charge in [0.15, 0.2) is 0 Å². The molecule has 1 aromatic rings. The van der Waals surface area contributed by atoms with Crippen molar-refractivity contribution in [3.8, 4) is 0 Å². The van der Waals surface area contributed by atoms with Gasteiger partial charge in [0.1, 0.15) is 0 Å². The summed E-state index contributed by atoms with van der Waals surface area (Å²) in [5.41, 5.74) is 3.33. The Kier molecular flexibility index (Phi) is 1.98. The predicted octanol–water partition coefficient (Wildman–Crippen LogP) is 3.72. The summed E-state index contributed by atoms with van der Waals surface area (Å²) in [6.07, 6.45) is 8.19. The van der Waals surface area contributed by atoms with E-state index in [1.807, 2.05) is 7.11 Å². The standard InChI is InChI=1S/C18H20O/c1-19-18-14-8-9-15(18)17-13-7-6-12(16(14)17)10-4-2-3-5-11(10)13/h2-5,8-9,12-18H,6-7H2,1H3/t12-,13-,14-,15-,16+,17+/m0/s1. The highest BCUT2D eigenvalue weighted by atomic mass is 16.5. The van der Waals surface area contributed by atoms with Gasteiger partial charge in [-0.1, -0.05) is 36.4 Å². The van der Waals surface area contributed by atoms with E-state index in [-0.39, 0.29) is 0 Å². The Bertz CT molecular complexity index is 514. The molecule has 0 radical (unpaired) electrons. The van der Waals surface area contributed by atoms with Gasteiger partial charge in [-0.2, -0.15) is 0 Å². The van der Waals surface area contributed by atoms with Crippen molar-refractivity contribution in [3.63, 3.8) is 0 Å². The molecule has 1 aromatic carbocycles. The Hall–Kier alpha value is -1.08. The largest absolute Gasteiger partial charge is 0.380 e. The van der Waals surface area contributed by atoms with Crippen LogP contribution in [0.5, 0.6) is 0 Å². The Morgan fingerprint density at radius 3 is 1.89 bits per heavy atom. The van der Waals surface area contributed by atoms with E-state index in [9.17, 15) is 0 Å². The van der Waals surface area contributed by atoms with Gasteiger partial charge in [0.2, 0.25) is 0 Å². The highest BCUT2D eigenvalue weighted by Gasteiger charge is 2.61. The quantitative estimate of drug-likeness (QED) is 0.692. The lowest BCUT2D eigenvalue weighted by molar-refractivity contribution is 0.0653. The molecule has 19 heavy (non-hydrogen) atoms. The summed E-state index contributed by atoms with van der Waals surface area (Å²) in [5, 5.41) is 0. The molecule has 5 aliphatic rings. The minimum Gasteiger partial charge on any atom is -0.380 e. The van der Waals surface area contributed by atoms with E-state index >= 15 is 0 Å². The molecule has 4 bridgehead atoms. The molecular formula is C18H20O. The molecule has 0 saturated heterocycles. The first-order valence-electron chi connectivity index (χ1n) is 7.70. The molecule has 2 fully saturated rings. The van der Waals surface area contributed by atoms with Crippen LogP contribution in [0.1, 0.15) is 35.8 Å². The highest BCUT2D eigenvalue weighted by Crippen LogP contribution is 2.67. The van der Waals surface area contributed by atoms with Crippen LogP contribution in [0.4, 0.5) is 0 Å². The zero-order valence-corrected chi connectivity index (χ0v) is 11.3. The average molecular weight is 252 g/mol. The monoisotopic (exact) mass is 252 g/mol. The van der Waals surface area contributed by atoms with Gasteiger partial charge >= 0.3 is 0 Å². The van der Waals surface area contributed by atoms with Gasteiger partial charge in [-0.15, -0.1) is 0 Å². The molecule has 1 nitrogen and oxygen atoms in total. The number of hydrogen-bond acceptors (Lipinski definition) is 1. The molecule has 0 aliphatic heterocycles. The van der Waals surface area contributed by atoms with Crippen molar-refractivity contribution in [1.82, 2.24) is 0 Å². The number of rotatable bonds is 1. The van der Waals surface area contributed by atoms with Gasteiger partial charge in [-0.3, -0.25) is 0 Å². The SMILES string of the molecule is COC1[C@H]2C=C[C@H]1[C@@H]1[C@@H]2[C@H]2CC[C@H]1c1ccccc12. The molecule has 98 valence electrons. The maximum Gasteiger partial charge on any atom is 0.0702 e. The average Bonchev–Trinajstić information content (AvgIpc) is 3.04. The minimum atomic E-state index is 0.465. The van der Waals surface area contributed by atoms with Gasteiger partial charge in [0.05, 0.1) is 6.10 Å². The molecular weight excluding hydrogens is 232 g/mol. The Morgan fingerprint density at radius 1 is 0.895 bits per heavy atom. The van der Waals surface area contributed by atoms with Crippen LogP contribution in [0, 0.1) is 23.7 Å². The van der Waals surface area contributed by atoms with Crippen LogP contribution in [0.3, 0.4) is 0 Å². The Morgan fingerprint density at radius 2 is 1.42 bits per heavy atom. The maximum absolute atomic E-state index is 5.85. The summed E-state index contributed by atoms with van der Waals surface area (Å²) in [7, 11) is 1.91. The van der Waals surface area contributed by atoms with Gasteiger partial charge in [0.25, 0.3) is 0 Å². The second-order valence-electron chi connectivity index (χ2n) is 6.81. The molecule has 1 heteroatoms. The summed E-state index contributed by atoms with van der Waals surface area (Å²) >= 11 is 0. The fourth-order valence-corrected chi connectivity index (χ4v) is 5.98. The van der Waals surface area contributed by atoms with Crippen LogP contribution in [0.15, 0.2) is 36.4 Å². The Labute approximate surface area is 114 Å². The molecule has 0 spiro atoms.